The topological polar surface area (TPSA) is 18.8 Å². The van der Waals surface area contributed by atoms with Crippen LogP contribution in [0.4, 0.5) is 4.39 Å². The molecule has 1 unspecified atom stereocenters. The molecule has 1 atom stereocenters. The molecule has 0 fully saturated rings. The lowest BCUT2D eigenvalue weighted by Gasteiger charge is -2.22. The first kappa shape index (κ1) is 9.29. The molecule has 0 saturated carbocycles. The van der Waals surface area contributed by atoms with Gasteiger partial charge < -0.3 is 4.90 Å². The summed E-state index contributed by atoms with van der Waals surface area (Å²) in [4.78, 5) is 1.63. The van der Waals surface area contributed by atoms with E-state index in [0.717, 1.165) is 19.4 Å². The SMILES string of the molecule is CCCCN1C=NN(CC)C1F. The van der Waals surface area contributed by atoms with Gasteiger partial charge in [-0.15, -0.1) is 0 Å². The van der Waals surface area contributed by atoms with E-state index >= 15 is 0 Å². The second kappa shape index (κ2) is 4.28. The molecule has 0 amide bonds. The highest BCUT2D eigenvalue weighted by Crippen LogP contribution is 2.13. The van der Waals surface area contributed by atoms with Gasteiger partial charge in [0.25, 0.3) is 6.42 Å². The molecule has 4 heteroatoms. The highest BCUT2D eigenvalue weighted by atomic mass is 19.1. The van der Waals surface area contributed by atoms with Gasteiger partial charge in [0.2, 0.25) is 0 Å². The molecule has 70 valence electrons. The predicted molar refractivity (Wildman–Crippen MR) is 47.4 cm³/mol. The van der Waals surface area contributed by atoms with Crippen LogP contribution in [-0.2, 0) is 0 Å². The molecule has 0 N–H and O–H groups in total. The minimum absolute atomic E-state index is 0.625. The molecular weight excluding hydrogens is 157 g/mol. The van der Waals surface area contributed by atoms with Gasteiger partial charge in [0.05, 0.1) is 0 Å². The van der Waals surface area contributed by atoms with Crippen LogP contribution < -0.4 is 0 Å². The van der Waals surface area contributed by atoms with E-state index < -0.39 is 6.42 Å². The molecule has 0 aromatic heterocycles. The third kappa shape index (κ3) is 1.87. The first-order valence-electron chi connectivity index (χ1n) is 4.50. The van der Waals surface area contributed by atoms with Crippen LogP contribution in [0.25, 0.3) is 0 Å². The Morgan fingerprint density at radius 2 is 2.25 bits per heavy atom. The van der Waals surface area contributed by atoms with Crippen LogP contribution in [0.2, 0.25) is 0 Å². The minimum Gasteiger partial charge on any atom is -0.313 e. The molecule has 0 aromatic carbocycles. The zero-order chi connectivity index (χ0) is 8.97. The second-order valence-corrected chi connectivity index (χ2v) is 2.89. The van der Waals surface area contributed by atoms with E-state index in [-0.39, 0.29) is 0 Å². The first-order valence-corrected chi connectivity index (χ1v) is 4.50. The van der Waals surface area contributed by atoms with E-state index in [4.69, 9.17) is 0 Å². The standard InChI is InChI=1S/C8H16FN3/c1-3-5-6-11-7-10-12(4-2)8(11)9/h7-8H,3-6H2,1-2H3. The largest absolute Gasteiger partial charge is 0.313 e. The highest BCUT2D eigenvalue weighted by Gasteiger charge is 2.24. The predicted octanol–water partition coefficient (Wildman–Crippen LogP) is 1.62. The summed E-state index contributed by atoms with van der Waals surface area (Å²) < 4.78 is 13.3. The van der Waals surface area contributed by atoms with E-state index in [0.29, 0.717) is 6.54 Å². The third-order valence-electron chi connectivity index (χ3n) is 1.96. The first-order chi connectivity index (χ1) is 5.79. The van der Waals surface area contributed by atoms with Crippen molar-refractivity contribution in [3.8, 4) is 0 Å². The van der Waals surface area contributed by atoms with Gasteiger partial charge in [0.1, 0.15) is 6.34 Å². The zero-order valence-electron chi connectivity index (χ0n) is 7.70. The third-order valence-corrected chi connectivity index (χ3v) is 1.96. The lowest BCUT2D eigenvalue weighted by molar-refractivity contribution is 0.0187. The summed E-state index contributed by atoms with van der Waals surface area (Å²) in [6.45, 7) is 5.38. The molecule has 0 saturated heterocycles. The summed E-state index contributed by atoms with van der Waals surface area (Å²) in [7, 11) is 0. The van der Waals surface area contributed by atoms with Crippen LogP contribution in [0.5, 0.6) is 0 Å². The number of unbranched alkanes of at least 4 members (excludes halogenated alkanes) is 1. The number of hydrazone groups is 1. The van der Waals surface area contributed by atoms with Crippen molar-refractivity contribution in [3.63, 3.8) is 0 Å². The summed E-state index contributed by atoms with van der Waals surface area (Å²) in [5, 5.41) is 5.37. The van der Waals surface area contributed by atoms with Crippen molar-refractivity contribution in [3.05, 3.63) is 0 Å². The molecule has 12 heavy (non-hydrogen) atoms. The highest BCUT2D eigenvalue weighted by molar-refractivity contribution is 5.56. The Hall–Kier alpha value is -0.800. The smallest absolute Gasteiger partial charge is 0.265 e. The monoisotopic (exact) mass is 173 g/mol. The Morgan fingerprint density at radius 3 is 2.75 bits per heavy atom. The molecule has 0 aliphatic carbocycles. The molecule has 0 bridgehead atoms. The summed E-state index contributed by atoms with van der Waals surface area (Å²) in [5.74, 6) is 0. The van der Waals surface area contributed by atoms with Crippen LogP contribution in [0.15, 0.2) is 5.10 Å². The zero-order valence-corrected chi connectivity index (χ0v) is 7.70. The van der Waals surface area contributed by atoms with Gasteiger partial charge in [-0.1, -0.05) is 13.3 Å². The second-order valence-electron chi connectivity index (χ2n) is 2.89. The van der Waals surface area contributed by atoms with E-state index in [1.54, 1.807) is 11.2 Å². The van der Waals surface area contributed by atoms with Crippen molar-refractivity contribution in [2.75, 3.05) is 13.1 Å². The van der Waals surface area contributed by atoms with Crippen molar-refractivity contribution in [1.82, 2.24) is 9.91 Å². The normalized spacial score (nSPS) is 22.4. The number of hydrogen-bond acceptors (Lipinski definition) is 3. The average molecular weight is 173 g/mol. The summed E-state index contributed by atoms with van der Waals surface area (Å²) in [6, 6.07) is 0. The fourth-order valence-corrected chi connectivity index (χ4v) is 1.15. The Morgan fingerprint density at radius 1 is 1.50 bits per heavy atom. The average Bonchev–Trinajstić information content (AvgIpc) is 2.43. The van der Waals surface area contributed by atoms with E-state index in [1.165, 1.54) is 5.01 Å². The Kier molecular flexibility index (Phi) is 3.31. The van der Waals surface area contributed by atoms with Gasteiger partial charge in [0, 0.05) is 13.1 Å². The number of nitrogens with zero attached hydrogens (tertiary/aromatic N) is 3. The van der Waals surface area contributed by atoms with E-state index in [1.807, 2.05) is 6.92 Å². The van der Waals surface area contributed by atoms with Crippen LogP contribution in [0, 0.1) is 0 Å². The van der Waals surface area contributed by atoms with Crippen LogP contribution in [-0.4, -0.2) is 35.8 Å². The molecule has 1 aliphatic rings. The number of alkyl halides is 1. The summed E-state index contributed by atoms with van der Waals surface area (Å²) in [6.07, 6.45) is 2.65. The Labute approximate surface area is 72.8 Å². The summed E-state index contributed by atoms with van der Waals surface area (Å²) >= 11 is 0. The summed E-state index contributed by atoms with van der Waals surface area (Å²) in [5.41, 5.74) is 0. The van der Waals surface area contributed by atoms with E-state index in [9.17, 15) is 4.39 Å². The van der Waals surface area contributed by atoms with Gasteiger partial charge in [0.15, 0.2) is 0 Å². The van der Waals surface area contributed by atoms with Gasteiger partial charge in [-0.3, -0.25) is 0 Å². The Balaban J connectivity index is 2.34. The molecule has 3 nitrogen and oxygen atoms in total. The van der Waals surface area contributed by atoms with Crippen LogP contribution >= 0.6 is 0 Å². The number of halogens is 1. The van der Waals surface area contributed by atoms with Crippen LogP contribution in [0.1, 0.15) is 26.7 Å². The van der Waals surface area contributed by atoms with Crippen molar-refractivity contribution in [1.29, 1.82) is 0 Å². The van der Waals surface area contributed by atoms with Gasteiger partial charge in [-0.25, -0.2) is 5.01 Å². The van der Waals surface area contributed by atoms with Crippen molar-refractivity contribution in [2.45, 2.75) is 33.1 Å². The maximum absolute atomic E-state index is 13.3. The molecule has 1 aliphatic heterocycles. The van der Waals surface area contributed by atoms with Crippen molar-refractivity contribution < 1.29 is 4.39 Å². The van der Waals surface area contributed by atoms with E-state index in [2.05, 4.69) is 12.0 Å². The quantitative estimate of drug-likeness (QED) is 0.601. The maximum Gasteiger partial charge on any atom is 0.265 e. The lowest BCUT2D eigenvalue weighted by atomic mass is 10.3. The molecule has 0 aromatic rings. The minimum atomic E-state index is -1.04. The number of rotatable bonds is 4. The fraction of sp³-hybridized carbons (Fsp3) is 0.875. The van der Waals surface area contributed by atoms with Gasteiger partial charge in [-0.05, 0) is 13.3 Å². The van der Waals surface area contributed by atoms with Crippen molar-refractivity contribution in [2.24, 2.45) is 5.10 Å². The molecule has 0 spiro atoms. The molecule has 1 heterocycles. The molecule has 0 radical (unpaired) electrons. The van der Waals surface area contributed by atoms with Gasteiger partial charge in [-0.2, -0.15) is 9.49 Å². The van der Waals surface area contributed by atoms with Gasteiger partial charge >= 0.3 is 0 Å². The number of hydrogen-bond donors (Lipinski definition) is 0. The molecular formula is C8H16FN3. The van der Waals surface area contributed by atoms with Crippen LogP contribution in [0.3, 0.4) is 0 Å². The maximum atomic E-state index is 13.3. The fourth-order valence-electron chi connectivity index (χ4n) is 1.15. The van der Waals surface area contributed by atoms with Crippen molar-refractivity contribution >= 4 is 6.34 Å². The Bertz CT molecular complexity index is 160. The molecule has 1 rings (SSSR count). The lowest BCUT2D eigenvalue weighted by Crippen LogP contribution is -2.36.